The monoisotopic (exact) mass is 502 g/mol. The fourth-order valence-electron chi connectivity index (χ4n) is 3.78. The van der Waals surface area contributed by atoms with Gasteiger partial charge in [0.2, 0.25) is 0 Å². The first-order chi connectivity index (χ1) is 15.3. The fourth-order valence-corrected chi connectivity index (χ4v) is 5.60. The molecule has 0 rings (SSSR count). The molecule has 0 spiro atoms. The van der Waals surface area contributed by atoms with Crippen molar-refractivity contribution in [3.8, 4) is 0 Å². The zero-order chi connectivity index (χ0) is 25.3. The number of carbonyl (C=O) groups excluding carboxylic acids is 1. The predicted octanol–water partition coefficient (Wildman–Crippen LogP) is 8.57. The van der Waals surface area contributed by atoms with Crippen LogP contribution >= 0.6 is 0 Å². The van der Waals surface area contributed by atoms with E-state index < -0.39 is 16.6 Å². The molecule has 3 atom stereocenters. The predicted molar refractivity (Wildman–Crippen MR) is 148 cm³/mol. The quantitative estimate of drug-likeness (QED) is 0.0895. The first-order valence-corrected chi connectivity index (χ1v) is 20.6. The zero-order valence-corrected chi connectivity index (χ0v) is 25.8. The largest absolute Gasteiger partial charge is 0.463 e. The van der Waals surface area contributed by atoms with Gasteiger partial charge < -0.3 is 13.6 Å². The summed E-state index contributed by atoms with van der Waals surface area (Å²) in [5.74, 6) is 0.763. The molecule has 0 saturated carbocycles. The van der Waals surface area contributed by atoms with E-state index in [1.54, 1.807) is 0 Å². The fraction of sp³-hybridized carbons (Fsp3) is 0.963. The Bertz CT molecular complexity index is 485. The number of carbonyl (C=O) groups is 1. The molecular weight excluding hydrogens is 444 g/mol. The van der Waals surface area contributed by atoms with E-state index in [-0.39, 0.29) is 18.0 Å². The van der Waals surface area contributed by atoms with E-state index in [0.29, 0.717) is 13.2 Å². The van der Waals surface area contributed by atoms with Gasteiger partial charge in [-0.1, -0.05) is 91.4 Å². The highest BCUT2D eigenvalue weighted by Gasteiger charge is 2.26. The van der Waals surface area contributed by atoms with Gasteiger partial charge in [-0.25, -0.2) is 0 Å². The molecule has 0 aliphatic carbocycles. The summed E-state index contributed by atoms with van der Waals surface area (Å²) in [7, 11) is -3.35. The molecule has 0 fully saturated rings. The van der Waals surface area contributed by atoms with Crippen molar-refractivity contribution in [1.82, 2.24) is 0 Å². The Hall–Kier alpha value is -0.176. The number of hydrogen-bond donors (Lipinski definition) is 0. The van der Waals surface area contributed by atoms with Crippen molar-refractivity contribution in [2.45, 2.75) is 143 Å². The molecule has 0 N–H and O–H groups in total. The smallest absolute Gasteiger partial charge is 0.308 e. The van der Waals surface area contributed by atoms with Crippen molar-refractivity contribution < 1.29 is 18.4 Å². The van der Waals surface area contributed by atoms with Crippen molar-refractivity contribution in [1.29, 1.82) is 0 Å². The summed E-state index contributed by atoms with van der Waals surface area (Å²) in [5, 5.41) is 0. The van der Waals surface area contributed by atoms with Crippen LogP contribution in [0.3, 0.4) is 0 Å². The lowest BCUT2D eigenvalue weighted by atomic mass is 9.99. The van der Waals surface area contributed by atoms with E-state index in [4.69, 9.17) is 13.6 Å². The molecule has 0 saturated heterocycles. The van der Waals surface area contributed by atoms with Crippen LogP contribution in [0.25, 0.3) is 0 Å². The summed E-state index contributed by atoms with van der Waals surface area (Å²) >= 11 is 0. The lowest BCUT2D eigenvalue weighted by Gasteiger charge is -2.29. The van der Waals surface area contributed by atoms with Crippen LogP contribution in [0.15, 0.2) is 0 Å². The van der Waals surface area contributed by atoms with Crippen LogP contribution in [0.5, 0.6) is 0 Å². The lowest BCUT2D eigenvalue weighted by molar-refractivity contribution is -0.151. The average molecular weight is 503 g/mol. The minimum atomic E-state index is -1.73. The van der Waals surface area contributed by atoms with Crippen LogP contribution in [0.1, 0.15) is 97.8 Å². The van der Waals surface area contributed by atoms with Gasteiger partial charge in [-0.05, 0) is 51.6 Å². The zero-order valence-electron chi connectivity index (χ0n) is 23.8. The number of hydrogen-bond acceptors (Lipinski definition) is 4. The summed E-state index contributed by atoms with van der Waals surface area (Å²) in [6.45, 7) is 20.5. The van der Waals surface area contributed by atoms with E-state index in [2.05, 4.69) is 53.1 Å². The summed E-state index contributed by atoms with van der Waals surface area (Å²) < 4.78 is 17.9. The summed E-state index contributed by atoms with van der Waals surface area (Å²) in [6.07, 6.45) is 15.4. The Morgan fingerprint density at radius 2 is 1.18 bits per heavy atom. The number of rotatable bonds is 21. The van der Waals surface area contributed by atoms with Gasteiger partial charge in [0.05, 0.1) is 12.5 Å². The van der Waals surface area contributed by atoms with Gasteiger partial charge in [-0.3, -0.25) is 4.79 Å². The molecule has 0 aromatic carbocycles. The first kappa shape index (κ1) is 32.8. The van der Waals surface area contributed by atoms with E-state index in [1.807, 2.05) is 6.92 Å². The van der Waals surface area contributed by atoms with Gasteiger partial charge in [0.25, 0.3) is 0 Å². The van der Waals surface area contributed by atoms with Gasteiger partial charge in [0.15, 0.2) is 16.6 Å². The summed E-state index contributed by atoms with van der Waals surface area (Å²) in [6, 6.07) is 0. The topological polar surface area (TPSA) is 44.8 Å². The van der Waals surface area contributed by atoms with Gasteiger partial charge in [-0.15, -0.1) is 0 Å². The highest BCUT2D eigenvalue weighted by Crippen LogP contribution is 2.17. The number of esters is 1. The standard InChI is InChI=1S/C27H58O4Si2/c1-10-24(2)20-18-16-14-12-11-13-15-17-19-21-25(3)27(28)29-22-26(31-33(7,8)9)23-30-32(4,5)6/h24-26H,10-23H2,1-9H3. The van der Waals surface area contributed by atoms with Crippen LogP contribution in [0.4, 0.5) is 0 Å². The second kappa shape index (κ2) is 18.1. The van der Waals surface area contributed by atoms with Crippen molar-refractivity contribution in [3.63, 3.8) is 0 Å². The highest BCUT2D eigenvalue weighted by atomic mass is 28.4. The van der Waals surface area contributed by atoms with Gasteiger partial charge in [0.1, 0.15) is 12.7 Å². The van der Waals surface area contributed by atoms with Crippen molar-refractivity contribution in [2.24, 2.45) is 11.8 Å². The number of unbranched alkanes of at least 4 members (excludes halogenated alkanes) is 8. The van der Waals surface area contributed by atoms with Crippen LogP contribution in [-0.4, -0.2) is 41.9 Å². The molecule has 198 valence electrons. The third-order valence-electron chi connectivity index (χ3n) is 6.07. The van der Waals surface area contributed by atoms with Crippen LogP contribution < -0.4 is 0 Å². The molecule has 0 aromatic rings. The van der Waals surface area contributed by atoms with E-state index in [1.165, 1.54) is 64.2 Å². The maximum atomic E-state index is 12.5. The molecule has 6 heteroatoms. The maximum absolute atomic E-state index is 12.5. The maximum Gasteiger partial charge on any atom is 0.308 e. The second-order valence-corrected chi connectivity index (χ2v) is 21.1. The van der Waals surface area contributed by atoms with E-state index in [9.17, 15) is 4.79 Å². The molecule has 0 radical (unpaired) electrons. The third kappa shape index (κ3) is 22.1. The Morgan fingerprint density at radius 1 is 0.697 bits per heavy atom. The molecule has 0 amide bonds. The second-order valence-electron chi connectivity index (χ2n) is 12.1. The van der Waals surface area contributed by atoms with Crippen molar-refractivity contribution in [2.75, 3.05) is 13.2 Å². The van der Waals surface area contributed by atoms with Crippen molar-refractivity contribution in [3.05, 3.63) is 0 Å². The van der Waals surface area contributed by atoms with Gasteiger partial charge in [-0.2, -0.15) is 0 Å². The Kier molecular flexibility index (Phi) is 18.0. The molecular formula is C27H58O4Si2. The molecule has 0 aliphatic heterocycles. The molecule has 0 aliphatic rings. The molecule has 0 bridgehead atoms. The van der Waals surface area contributed by atoms with Gasteiger partial charge in [0, 0.05) is 0 Å². The molecule has 4 nitrogen and oxygen atoms in total. The third-order valence-corrected chi connectivity index (χ3v) is 8.14. The van der Waals surface area contributed by atoms with Crippen molar-refractivity contribution >= 4 is 22.6 Å². The average Bonchev–Trinajstić information content (AvgIpc) is 2.71. The van der Waals surface area contributed by atoms with Crippen LogP contribution in [-0.2, 0) is 18.4 Å². The molecule has 33 heavy (non-hydrogen) atoms. The van der Waals surface area contributed by atoms with E-state index >= 15 is 0 Å². The van der Waals surface area contributed by atoms with E-state index in [0.717, 1.165) is 18.8 Å². The SMILES string of the molecule is CCC(C)CCCCCCCCCCCC(C)C(=O)OCC(CO[Si](C)(C)C)O[Si](C)(C)C. The van der Waals surface area contributed by atoms with Gasteiger partial charge >= 0.3 is 5.97 Å². The molecule has 3 unspecified atom stereocenters. The minimum absolute atomic E-state index is 0.0408. The molecule has 0 heterocycles. The normalized spacial score (nSPS) is 15.3. The lowest BCUT2D eigenvalue weighted by Crippen LogP contribution is -2.41. The molecule has 0 aromatic heterocycles. The number of ether oxygens (including phenoxy) is 1. The summed E-state index contributed by atoms with van der Waals surface area (Å²) in [5.41, 5.74) is 0. The Morgan fingerprint density at radius 3 is 1.64 bits per heavy atom. The first-order valence-electron chi connectivity index (χ1n) is 13.8. The highest BCUT2D eigenvalue weighted by molar-refractivity contribution is 6.70. The van der Waals surface area contributed by atoms with Crippen LogP contribution in [0, 0.1) is 11.8 Å². The Balaban J connectivity index is 3.91. The Labute approximate surface area is 209 Å². The minimum Gasteiger partial charge on any atom is -0.463 e. The van der Waals surface area contributed by atoms with Crippen LogP contribution in [0.2, 0.25) is 39.3 Å². The summed E-state index contributed by atoms with van der Waals surface area (Å²) in [4.78, 5) is 12.5.